The Kier molecular flexibility index (Phi) is 3.34. The molecule has 0 saturated carbocycles. The van der Waals surface area contributed by atoms with Crippen LogP contribution in [0.4, 0.5) is 0 Å². The number of ether oxygens (including phenoxy) is 2. The van der Waals surface area contributed by atoms with Crippen molar-refractivity contribution in [3.05, 3.63) is 24.3 Å². The summed E-state index contributed by atoms with van der Waals surface area (Å²) in [5.74, 6) is 1.65. The molecule has 0 amide bonds. The van der Waals surface area contributed by atoms with Crippen molar-refractivity contribution in [2.75, 3.05) is 7.11 Å². The molecule has 0 unspecified atom stereocenters. The van der Waals surface area contributed by atoms with Gasteiger partial charge >= 0.3 is 79.7 Å². The van der Waals surface area contributed by atoms with Crippen molar-refractivity contribution in [1.82, 2.24) is 0 Å². The van der Waals surface area contributed by atoms with Gasteiger partial charge in [-0.05, 0) is 0 Å². The van der Waals surface area contributed by atoms with Crippen molar-refractivity contribution in [3.63, 3.8) is 0 Å². The number of methoxy groups -OCH3 is 1. The van der Waals surface area contributed by atoms with Crippen molar-refractivity contribution >= 4 is 4.57 Å². The standard InChI is InChI=1S/C9H10O2.Cr/c1-3-11-9-6-4-8(10-2)5-7-9;/h4-7H,1-2H3;. The van der Waals surface area contributed by atoms with E-state index in [4.69, 9.17) is 9.47 Å². The van der Waals surface area contributed by atoms with Gasteiger partial charge in [-0.25, -0.2) is 0 Å². The van der Waals surface area contributed by atoms with Crippen LogP contribution in [0.5, 0.6) is 11.5 Å². The van der Waals surface area contributed by atoms with Crippen molar-refractivity contribution in [2.45, 2.75) is 6.92 Å². The molecular weight excluding hydrogens is 192 g/mol. The molecule has 3 heteroatoms. The molecule has 0 fully saturated rings. The van der Waals surface area contributed by atoms with Gasteiger partial charge in [0.05, 0.1) is 0 Å². The average Bonchev–Trinajstić information content (AvgIpc) is 2.05. The Morgan fingerprint density at radius 2 is 1.67 bits per heavy atom. The topological polar surface area (TPSA) is 18.5 Å². The summed E-state index contributed by atoms with van der Waals surface area (Å²) in [5.41, 5.74) is 0. The van der Waals surface area contributed by atoms with Gasteiger partial charge in [0, 0.05) is 0 Å². The van der Waals surface area contributed by atoms with Crippen molar-refractivity contribution < 1.29 is 25.3 Å². The molecule has 0 radical (unpaired) electrons. The fourth-order valence-electron chi connectivity index (χ4n) is 0.810. The van der Waals surface area contributed by atoms with Gasteiger partial charge < -0.3 is 0 Å². The molecule has 12 heavy (non-hydrogen) atoms. The second kappa shape index (κ2) is 4.30. The van der Waals surface area contributed by atoms with Crippen LogP contribution in [-0.2, 0) is 15.9 Å². The second-order valence-corrected chi connectivity index (χ2v) is 3.17. The molecule has 0 atom stereocenters. The Hall–Kier alpha value is -0.778. The maximum absolute atomic E-state index is 5.32. The summed E-state index contributed by atoms with van der Waals surface area (Å²) in [6, 6.07) is 7.44. The number of rotatable bonds is 3. The SMILES string of the molecule is COc1ccc(O[C](C)=[Cr])cc1. The molecule has 0 aliphatic rings. The van der Waals surface area contributed by atoms with Gasteiger partial charge in [-0.3, -0.25) is 0 Å². The van der Waals surface area contributed by atoms with Gasteiger partial charge in [-0.1, -0.05) is 0 Å². The molecule has 0 bridgehead atoms. The summed E-state index contributed by atoms with van der Waals surface area (Å²) in [6.07, 6.45) is 0. The van der Waals surface area contributed by atoms with Crippen LogP contribution < -0.4 is 9.47 Å². The van der Waals surface area contributed by atoms with Gasteiger partial charge in [0.2, 0.25) is 0 Å². The molecule has 1 aromatic rings. The minimum atomic E-state index is 0.806. The van der Waals surface area contributed by atoms with Gasteiger partial charge in [-0.2, -0.15) is 0 Å². The monoisotopic (exact) mass is 202 g/mol. The number of hydrogen-bond donors (Lipinski definition) is 0. The first-order chi connectivity index (χ1) is 5.72. The summed E-state index contributed by atoms with van der Waals surface area (Å²) in [4.78, 5) is 0. The summed E-state index contributed by atoms with van der Waals surface area (Å²) >= 11 is 2.78. The minimum absolute atomic E-state index is 0.806. The van der Waals surface area contributed by atoms with Crippen LogP contribution in [0, 0.1) is 0 Å². The zero-order chi connectivity index (χ0) is 8.97. The Labute approximate surface area is 80.1 Å². The van der Waals surface area contributed by atoms with E-state index in [2.05, 4.69) is 15.9 Å². The van der Waals surface area contributed by atoms with Crippen LogP contribution >= 0.6 is 0 Å². The molecule has 0 aliphatic heterocycles. The normalized spacial score (nSPS) is 9.17. The Morgan fingerprint density at radius 1 is 1.17 bits per heavy atom. The average molecular weight is 202 g/mol. The fourth-order valence-corrected chi connectivity index (χ4v) is 0.960. The van der Waals surface area contributed by atoms with Gasteiger partial charge in [0.1, 0.15) is 0 Å². The van der Waals surface area contributed by atoms with E-state index in [1.54, 1.807) is 7.11 Å². The van der Waals surface area contributed by atoms with Crippen LogP contribution in [0.2, 0.25) is 0 Å². The zero-order valence-electron chi connectivity index (χ0n) is 7.03. The van der Waals surface area contributed by atoms with Crippen LogP contribution in [0.25, 0.3) is 0 Å². The van der Waals surface area contributed by atoms with Crippen LogP contribution in [0.15, 0.2) is 24.3 Å². The molecule has 1 aromatic carbocycles. The third-order valence-electron chi connectivity index (χ3n) is 1.32. The molecule has 0 saturated heterocycles. The molecule has 2 nitrogen and oxygen atoms in total. The first kappa shape index (κ1) is 9.31. The van der Waals surface area contributed by atoms with Crippen molar-refractivity contribution in [1.29, 1.82) is 0 Å². The molecule has 0 N–H and O–H groups in total. The van der Waals surface area contributed by atoms with E-state index in [1.807, 2.05) is 31.2 Å². The maximum atomic E-state index is 5.32. The van der Waals surface area contributed by atoms with E-state index in [0.29, 0.717) is 0 Å². The van der Waals surface area contributed by atoms with E-state index in [-0.39, 0.29) is 0 Å². The Bertz CT molecular complexity index is 266. The third kappa shape index (κ3) is 2.69. The zero-order valence-corrected chi connectivity index (χ0v) is 8.31. The van der Waals surface area contributed by atoms with E-state index in [0.717, 1.165) is 16.1 Å². The first-order valence-electron chi connectivity index (χ1n) is 3.55. The number of hydrogen-bond acceptors (Lipinski definition) is 2. The molecule has 0 spiro atoms. The molecule has 0 aliphatic carbocycles. The van der Waals surface area contributed by atoms with E-state index < -0.39 is 0 Å². The van der Waals surface area contributed by atoms with E-state index in [1.165, 1.54) is 0 Å². The molecule has 64 valence electrons. The first-order valence-corrected chi connectivity index (χ1v) is 4.18. The van der Waals surface area contributed by atoms with Gasteiger partial charge in [0.15, 0.2) is 0 Å². The summed E-state index contributed by atoms with van der Waals surface area (Å²) in [6.45, 7) is 1.87. The number of benzene rings is 1. The predicted molar refractivity (Wildman–Crippen MR) is 44.3 cm³/mol. The molecular formula is C9H10CrO2. The fraction of sp³-hybridized carbons (Fsp3) is 0.222. The summed E-state index contributed by atoms with van der Waals surface area (Å²) in [5, 5.41) is 0. The second-order valence-electron chi connectivity index (χ2n) is 2.27. The molecule has 0 heterocycles. The van der Waals surface area contributed by atoms with Crippen LogP contribution in [-0.4, -0.2) is 11.7 Å². The Morgan fingerprint density at radius 3 is 2.08 bits per heavy atom. The predicted octanol–water partition coefficient (Wildman–Crippen LogP) is 1.77. The summed E-state index contributed by atoms with van der Waals surface area (Å²) in [7, 11) is 1.64. The van der Waals surface area contributed by atoms with Crippen LogP contribution in [0.3, 0.4) is 0 Å². The van der Waals surface area contributed by atoms with E-state index in [9.17, 15) is 0 Å². The van der Waals surface area contributed by atoms with Crippen molar-refractivity contribution in [3.8, 4) is 11.5 Å². The van der Waals surface area contributed by atoms with Crippen molar-refractivity contribution in [2.24, 2.45) is 0 Å². The van der Waals surface area contributed by atoms with E-state index >= 15 is 0 Å². The van der Waals surface area contributed by atoms with Crippen LogP contribution in [0.1, 0.15) is 6.92 Å². The Balaban J connectivity index is 2.71. The third-order valence-corrected chi connectivity index (χ3v) is 1.45. The molecule has 1 rings (SSSR count). The van der Waals surface area contributed by atoms with Gasteiger partial charge in [0.25, 0.3) is 0 Å². The van der Waals surface area contributed by atoms with Gasteiger partial charge in [-0.15, -0.1) is 0 Å². The quantitative estimate of drug-likeness (QED) is 0.743. The summed E-state index contributed by atoms with van der Waals surface area (Å²) < 4.78 is 11.1. The molecule has 0 aromatic heterocycles.